The monoisotopic (exact) mass is 575 g/mol. The average Bonchev–Trinajstić information content (AvgIpc) is 2.72. The van der Waals surface area contributed by atoms with Gasteiger partial charge in [-0.05, 0) is 75.6 Å². The summed E-state index contributed by atoms with van der Waals surface area (Å²) in [5.74, 6) is -0.885. The van der Waals surface area contributed by atoms with Crippen LogP contribution in [0.5, 0.6) is 0 Å². The predicted molar refractivity (Wildman–Crippen MR) is 147 cm³/mol. The number of carbonyl (C=O) groups is 2. The second-order valence-electron chi connectivity index (χ2n) is 9.63. The first kappa shape index (κ1) is 30.2. The molecule has 0 fully saturated rings. The highest BCUT2D eigenvalue weighted by atomic mass is 35.5. The van der Waals surface area contributed by atoms with Gasteiger partial charge < -0.3 is 10.2 Å². The molecule has 0 bridgehead atoms. The normalized spacial score (nSPS) is 12.7. The van der Waals surface area contributed by atoms with Crippen LogP contribution in [0.4, 0.5) is 5.69 Å². The molecule has 2 amide bonds. The molecule has 0 saturated heterocycles. The SMILES string of the molecule is CC[C@@H](C(=O)NC(C)(C)C)N(Cc1ccc(Cl)c(Cl)c1)C(=O)CN(c1ccc(Cl)cc1C)S(C)(=O)=O. The van der Waals surface area contributed by atoms with Gasteiger partial charge in [0.1, 0.15) is 12.6 Å². The summed E-state index contributed by atoms with van der Waals surface area (Å²) in [6, 6.07) is 8.83. The van der Waals surface area contributed by atoms with Crippen LogP contribution in [0.3, 0.4) is 0 Å². The Morgan fingerprint density at radius 2 is 1.67 bits per heavy atom. The molecule has 0 saturated carbocycles. The number of amides is 2. The molecule has 2 aromatic carbocycles. The molecule has 0 aromatic heterocycles. The van der Waals surface area contributed by atoms with Crippen LogP contribution in [0.1, 0.15) is 45.2 Å². The van der Waals surface area contributed by atoms with Gasteiger partial charge in [-0.1, -0.05) is 47.8 Å². The molecule has 0 aliphatic carbocycles. The van der Waals surface area contributed by atoms with E-state index in [1.54, 1.807) is 50.2 Å². The molecule has 0 aliphatic rings. The van der Waals surface area contributed by atoms with E-state index in [0.29, 0.717) is 38.3 Å². The standard InChI is InChI=1S/C25H32Cl3N3O4S/c1-7-21(24(33)29-25(3,4)5)30(14-17-8-10-19(27)20(28)13-17)23(32)15-31(36(6,34)35)22-11-9-18(26)12-16(22)2/h8-13,21H,7,14-15H2,1-6H3,(H,29,33)/t21-/m0/s1. The van der Waals surface area contributed by atoms with Crippen molar-refractivity contribution in [3.05, 3.63) is 62.6 Å². The van der Waals surface area contributed by atoms with E-state index in [1.807, 2.05) is 20.8 Å². The average molecular weight is 577 g/mol. The lowest BCUT2D eigenvalue weighted by molar-refractivity contribution is -0.141. The van der Waals surface area contributed by atoms with Gasteiger partial charge in [0.25, 0.3) is 0 Å². The van der Waals surface area contributed by atoms with Crippen molar-refractivity contribution in [2.45, 2.75) is 59.2 Å². The van der Waals surface area contributed by atoms with Crippen molar-refractivity contribution >= 4 is 62.3 Å². The molecular formula is C25H32Cl3N3O4S. The quantitative estimate of drug-likeness (QED) is 0.430. The van der Waals surface area contributed by atoms with Gasteiger partial charge in [0, 0.05) is 17.1 Å². The Morgan fingerprint density at radius 1 is 1.03 bits per heavy atom. The number of sulfonamides is 1. The summed E-state index contributed by atoms with van der Waals surface area (Å²) in [5.41, 5.74) is 1.04. The van der Waals surface area contributed by atoms with E-state index in [2.05, 4.69) is 5.32 Å². The summed E-state index contributed by atoms with van der Waals surface area (Å²) < 4.78 is 26.5. The third-order valence-electron chi connectivity index (χ3n) is 5.33. The number of nitrogens with zero attached hydrogens (tertiary/aromatic N) is 2. The molecule has 36 heavy (non-hydrogen) atoms. The van der Waals surface area contributed by atoms with Crippen LogP contribution in [0, 0.1) is 6.92 Å². The molecular weight excluding hydrogens is 545 g/mol. The first-order valence-corrected chi connectivity index (χ1v) is 14.3. The van der Waals surface area contributed by atoms with E-state index < -0.39 is 34.1 Å². The van der Waals surface area contributed by atoms with Crippen LogP contribution < -0.4 is 9.62 Å². The van der Waals surface area contributed by atoms with Crippen LogP contribution in [-0.2, 0) is 26.2 Å². The number of aryl methyl sites for hydroxylation is 1. The molecule has 2 aromatic rings. The Hall–Kier alpha value is -2.00. The predicted octanol–water partition coefficient (Wildman–Crippen LogP) is 5.44. The van der Waals surface area contributed by atoms with Gasteiger partial charge >= 0.3 is 0 Å². The van der Waals surface area contributed by atoms with Gasteiger partial charge in [0.2, 0.25) is 21.8 Å². The zero-order valence-electron chi connectivity index (χ0n) is 21.2. The smallest absolute Gasteiger partial charge is 0.244 e. The number of anilines is 1. The zero-order chi connectivity index (χ0) is 27.4. The summed E-state index contributed by atoms with van der Waals surface area (Å²) in [5, 5.41) is 4.03. The fourth-order valence-corrected chi connectivity index (χ4v) is 5.15. The summed E-state index contributed by atoms with van der Waals surface area (Å²) in [7, 11) is -3.84. The number of halogens is 3. The maximum Gasteiger partial charge on any atom is 0.244 e. The molecule has 2 rings (SSSR count). The van der Waals surface area contributed by atoms with Crippen molar-refractivity contribution in [3.8, 4) is 0 Å². The molecule has 0 radical (unpaired) electrons. The molecule has 198 valence electrons. The van der Waals surface area contributed by atoms with E-state index >= 15 is 0 Å². The largest absolute Gasteiger partial charge is 0.350 e. The number of hydrogen-bond donors (Lipinski definition) is 1. The number of hydrogen-bond acceptors (Lipinski definition) is 4. The van der Waals surface area contributed by atoms with Crippen molar-refractivity contribution in [1.29, 1.82) is 0 Å². The van der Waals surface area contributed by atoms with Gasteiger partial charge in [-0.2, -0.15) is 0 Å². The fourth-order valence-electron chi connectivity index (χ4n) is 3.70. The van der Waals surface area contributed by atoms with Crippen LogP contribution in [0.25, 0.3) is 0 Å². The highest BCUT2D eigenvalue weighted by Gasteiger charge is 2.33. The van der Waals surface area contributed by atoms with Crippen LogP contribution in [-0.4, -0.2) is 49.5 Å². The highest BCUT2D eigenvalue weighted by Crippen LogP contribution is 2.27. The number of carbonyl (C=O) groups excluding carboxylic acids is 2. The lowest BCUT2D eigenvalue weighted by Gasteiger charge is -2.34. The lowest BCUT2D eigenvalue weighted by Crippen LogP contribution is -2.55. The van der Waals surface area contributed by atoms with E-state index in [4.69, 9.17) is 34.8 Å². The zero-order valence-corrected chi connectivity index (χ0v) is 24.3. The second-order valence-corrected chi connectivity index (χ2v) is 12.8. The molecule has 0 unspecified atom stereocenters. The Balaban J connectivity index is 2.52. The Labute approximate surface area is 228 Å². The third kappa shape index (κ3) is 8.26. The summed E-state index contributed by atoms with van der Waals surface area (Å²) in [6.45, 7) is 8.57. The minimum absolute atomic E-state index is 0.0307. The van der Waals surface area contributed by atoms with Crippen LogP contribution >= 0.6 is 34.8 Å². The van der Waals surface area contributed by atoms with E-state index in [9.17, 15) is 18.0 Å². The van der Waals surface area contributed by atoms with Crippen molar-refractivity contribution in [3.63, 3.8) is 0 Å². The lowest BCUT2D eigenvalue weighted by atomic mass is 10.1. The van der Waals surface area contributed by atoms with Crippen molar-refractivity contribution in [1.82, 2.24) is 10.2 Å². The molecule has 1 atom stereocenters. The van der Waals surface area contributed by atoms with E-state index in [0.717, 1.165) is 10.6 Å². The maximum atomic E-state index is 13.7. The van der Waals surface area contributed by atoms with Crippen LogP contribution in [0.15, 0.2) is 36.4 Å². The fraction of sp³-hybridized carbons (Fsp3) is 0.440. The maximum absolute atomic E-state index is 13.7. The number of rotatable bonds is 9. The topological polar surface area (TPSA) is 86.8 Å². The van der Waals surface area contributed by atoms with Gasteiger partial charge in [-0.25, -0.2) is 8.42 Å². The Kier molecular flexibility index (Phi) is 10.1. The van der Waals surface area contributed by atoms with Crippen LogP contribution in [0.2, 0.25) is 15.1 Å². The first-order chi connectivity index (χ1) is 16.5. The summed E-state index contributed by atoms with van der Waals surface area (Å²) >= 11 is 18.3. The van der Waals surface area contributed by atoms with E-state index in [1.165, 1.54) is 4.90 Å². The minimum atomic E-state index is -3.84. The van der Waals surface area contributed by atoms with E-state index in [-0.39, 0.29) is 12.5 Å². The van der Waals surface area contributed by atoms with Gasteiger partial charge in [-0.3, -0.25) is 13.9 Å². The van der Waals surface area contributed by atoms with Gasteiger partial charge in [-0.15, -0.1) is 0 Å². The highest BCUT2D eigenvalue weighted by molar-refractivity contribution is 7.92. The first-order valence-electron chi connectivity index (χ1n) is 11.3. The Bertz CT molecular complexity index is 1230. The molecule has 1 N–H and O–H groups in total. The minimum Gasteiger partial charge on any atom is -0.350 e. The van der Waals surface area contributed by atoms with Crippen molar-refractivity contribution in [2.24, 2.45) is 0 Å². The molecule has 0 heterocycles. The van der Waals surface area contributed by atoms with Crippen molar-refractivity contribution in [2.75, 3.05) is 17.1 Å². The van der Waals surface area contributed by atoms with Gasteiger partial charge in [0.05, 0.1) is 22.0 Å². The van der Waals surface area contributed by atoms with Gasteiger partial charge in [0.15, 0.2) is 0 Å². The number of benzene rings is 2. The van der Waals surface area contributed by atoms with Crippen molar-refractivity contribution < 1.29 is 18.0 Å². The summed E-state index contributed by atoms with van der Waals surface area (Å²) in [6.07, 6.45) is 1.34. The number of nitrogens with one attached hydrogen (secondary N) is 1. The Morgan fingerprint density at radius 3 is 2.17 bits per heavy atom. The summed E-state index contributed by atoms with van der Waals surface area (Å²) in [4.78, 5) is 28.3. The molecule has 7 nitrogen and oxygen atoms in total. The third-order valence-corrected chi connectivity index (χ3v) is 7.43. The molecule has 0 spiro atoms. The molecule has 0 aliphatic heterocycles. The molecule has 11 heteroatoms. The second kappa shape index (κ2) is 12.0.